The van der Waals surface area contributed by atoms with Crippen LogP contribution in [0.15, 0.2) is 0 Å². The van der Waals surface area contributed by atoms with Crippen LogP contribution in [-0.2, 0) is 22.7 Å². The number of nitrogens with zero attached hydrogens (tertiary/aromatic N) is 2. The van der Waals surface area contributed by atoms with Gasteiger partial charge in [0.25, 0.3) is 0 Å². The number of rotatable bonds is 3. The quantitative estimate of drug-likeness (QED) is 0.824. The van der Waals surface area contributed by atoms with Gasteiger partial charge in [-0.1, -0.05) is 0 Å². The number of ether oxygens (including phenoxy) is 1. The molecular formula is C9H10N2O3S. The highest BCUT2D eigenvalue weighted by Gasteiger charge is 2.20. The molecule has 1 aromatic heterocycles. The Morgan fingerprint density at radius 3 is 3.00 bits per heavy atom. The van der Waals surface area contributed by atoms with E-state index >= 15 is 0 Å². The maximum atomic E-state index is 10.5. The first-order valence-corrected chi connectivity index (χ1v) is 5.58. The van der Waals surface area contributed by atoms with E-state index < -0.39 is 5.97 Å². The molecule has 15 heavy (non-hydrogen) atoms. The van der Waals surface area contributed by atoms with Crippen LogP contribution < -0.4 is 4.74 Å². The van der Waals surface area contributed by atoms with Gasteiger partial charge >= 0.3 is 5.97 Å². The molecule has 0 unspecified atom stereocenters. The minimum Gasteiger partial charge on any atom is -0.481 e. The Morgan fingerprint density at radius 1 is 1.53 bits per heavy atom. The summed E-state index contributed by atoms with van der Waals surface area (Å²) in [5.41, 5.74) is 1.90. The van der Waals surface area contributed by atoms with Gasteiger partial charge in [0.1, 0.15) is 12.2 Å². The number of methoxy groups -OCH3 is 1. The molecular weight excluding hydrogens is 216 g/mol. The molecule has 80 valence electrons. The predicted octanol–water partition coefficient (Wildman–Crippen LogP) is 0.859. The second-order valence-corrected chi connectivity index (χ2v) is 4.12. The van der Waals surface area contributed by atoms with E-state index in [1.807, 2.05) is 0 Å². The zero-order valence-corrected chi connectivity index (χ0v) is 9.00. The van der Waals surface area contributed by atoms with Gasteiger partial charge in [-0.3, -0.25) is 4.79 Å². The highest BCUT2D eigenvalue weighted by molar-refractivity contribution is 7.98. The van der Waals surface area contributed by atoms with Crippen molar-refractivity contribution >= 4 is 17.7 Å². The Labute approximate surface area is 90.9 Å². The number of carboxylic acid groups (broad SMARTS) is 1. The van der Waals surface area contributed by atoms with Gasteiger partial charge in [-0.2, -0.15) is 16.7 Å². The predicted molar refractivity (Wildman–Crippen MR) is 54.9 cm³/mol. The van der Waals surface area contributed by atoms with Crippen molar-refractivity contribution in [2.24, 2.45) is 0 Å². The molecule has 0 atom stereocenters. The average Bonchev–Trinajstić information content (AvgIpc) is 2.63. The molecule has 1 N–H and O–H groups in total. The third-order valence-electron chi connectivity index (χ3n) is 2.09. The Bertz CT molecular complexity index is 409. The zero-order chi connectivity index (χ0) is 10.8. The number of aromatic nitrogens is 2. The van der Waals surface area contributed by atoms with Crippen molar-refractivity contribution in [2.75, 3.05) is 7.11 Å². The fourth-order valence-electron chi connectivity index (χ4n) is 1.45. The lowest BCUT2D eigenvalue weighted by Crippen LogP contribution is -2.08. The summed E-state index contributed by atoms with van der Waals surface area (Å²) in [6.45, 7) is 0. The number of carbonyl (C=O) groups is 1. The van der Waals surface area contributed by atoms with Crippen LogP contribution in [0.3, 0.4) is 0 Å². The summed E-state index contributed by atoms with van der Waals surface area (Å²) in [5.74, 6) is 1.55. The summed E-state index contributed by atoms with van der Waals surface area (Å²) in [5, 5.41) is 8.65. The number of fused-ring (bicyclic) bond motifs is 1. The third kappa shape index (κ3) is 2.04. The fourth-order valence-corrected chi connectivity index (χ4v) is 2.48. The lowest BCUT2D eigenvalue weighted by Gasteiger charge is -2.06. The first-order valence-electron chi connectivity index (χ1n) is 4.43. The number of hydrogen-bond acceptors (Lipinski definition) is 5. The molecule has 1 aliphatic heterocycles. The third-order valence-corrected chi connectivity index (χ3v) is 3.06. The van der Waals surface area contributed by atoms with Gasteiger partial charge in [-0.25, -0.2) is 4.98 Å². The van der Waals surface area contributed by atoms with E-state index in [9.17, 15) is 4.79 Å². The average molecular weight is 226 g/mol. The summed E-state index contributed by atoms with van der Waals surface area (Å²) in [7, 11) is 1.54. The summed E-state index contributed by atoms with van der Waals surface area (Å²) in [4.78, 5) is 18.8. The molecule has 0 aliphatic carbocycles. The van der Waals surface area contributed by atoms with Crippen molar-refractivity contribution in [3.05, 3.63) is 17.1 Å². The minimum absolute atomic E-state index is 0.158. The SMILES string of the molecule is COc1nc(CC(=O)O)nc2c1CSC2. The lowest BCUT2D eigenvalue weighted by molar-refractivity contribution is -0.136. The van der Waals surface area contributed by atoms with E-state index in [0.717, 1.165) is 22.8 Å². The normalized spacial score (nSPS) is 13.7. The second kappa shape index (κ2) is 4.06. The van der Waals surface area contributed by atoms with Gasteiger partial charge in [0.05, 0.1) is 12.8 Å². The molecule has 0 spiro atoms. The summed E-state index contributed by atoms with van der Waals surface area (Å²) < 4.78 is 5.12. The lowest BCUT2D eigenvalue weighted by atomic mass is 10.2. The van der Waals surface area contributed by atoms with Crippen molar-refractivity contribution in [3.63, 3.8) is 0 Å². The molecule has 5 nitrogen and oxygen atoms in total. The Balaban J connectivity index is 2.38. The molecule has 0 bridgehead atoms. The number of aliphatic carboxylic acids is 1. The fraction of sp³-hybridized carbons (Fsp3) is 0.444. The maximum absolute atomic E-state index is 10.5. The topological polar surface area (TPSA) is 72.3 Å². The summed E-state index contributed by atoms with van der Waals surface area (Å²) in [6.07, 6.45) is -0.158. The molecule has 6 heteroatoms. The van der Waals surface area contributed by atoms with Gasteiger partial charge < -0.3 is 9.84 Å². The molecule has 0 fully saturated rings. The van der Waals surface area contributed by atoms with Crippen molar-refractivity contribution in [2.45, 2.75) is 17.9 Å². The van der Waals surface area contributed by atoms with Gasteiger partial charge in [0, 0.05) is 17.1 Å². The van der Waals surface area contributed by atoms with Crippen LogP contribution in [0.1, 0.15) is 17.1 Å². The molecule has 0 radical (unpaired) electrons. The molecule has 1 aromatic rings. The van der Waals surface area contributed by atoms with E-state index in [1.165, 1.54) is 7.11 Å². The van der Waals surface area contributed by atoms with Crippen molar-refractivity contribution in [1.29, 1.82) is 0 Å². The van der Waals surface area contributed by atoms with Gasteiger partial charge in [-0.05, 0) is 0 Å². The summed E-state index contributed by atoms with van der Waals surface area (Å²) >= 11 is 1.73. The smallest absolute Gasteiger partial charge is 0.311 e. The molecule has 2 rings (SSSR count). The number of hydrogen-bond donors (Lipinski definition) is 1. The largest absolute Gasteiger partial charge is 0.481 e. The Kier molecular flexibility index (Phi) is 2.77. The molecule has 0 saturated heterocycles. The monoisotopic (exact) mass is 226 g/mol. The molecule has 2 heterocycles. The van der Waals surface area contributed by atoms with Crippen LogP contribution in [0, 0.1) is 0 Å². The van der Waals surface area contributed by atoms with E-state index in [4.69, 9.17) is 9.84 Å². The number of carboxylic acids is 1. The van der Waals surface area contributed by atoms with Crippen LogP contribution in [0.5, 0.6) is 5.88 Å². The highest BCUT2D eigenvalue weighted by atomic mass is 32.2. The first kappa shape index (κ1) is 10.2. The van der Waals surface area contributed by atoms with Crippen LogP contribution in [0.4, 0.5) is 0 Å². The minimum atomic E-state index is -0.928. The molecule has 0 saturated carbocycles. The van der Waals surface area contributed by atoms with Gasteiger partial charge in [0.15, 0.2) is 0 Å². The van der Waals surface area contributed by atoms with Gasteiger partial charge in [-0.15, -0.1) is 0 Å². The van der Waals surface area contributed by atoms with E-state index in [0.29, 0.717) is 11.7 Å². The Morgan fingerprint density at radius 2 is 2.33 bits per heavy atom. The van der Waals surface area contributed by atoms with E-state index in [-0.39, 0.29) is 6.42 Å². The molecule has 0 amide bonds. The molecule has 0 aromatic carbocycles. The second-order valence-electron chi connectivity index (χ2n) is 3.14. The van der Waals surface area contributed by atoms with Crippen LogP contribution >= 0.6 is 11.8 Å². The van der Waals surface area contributed by atoms with Crippen molar-refractivity contribution < 1.29 is 14.6 Å². The van der Waals surface area contributed by atoms with Crippen molar-refractivity contribution in [1.82, 2.24) is 9.97 Å². The van der Waals surface area contributed by atoms with E-state index in [1.54, 1.807) is 11.8 Å². The van der Waals surface area contributed by atoms with Gasteiger partial charge in [0.2, 0.25) is 5.88 Å². The van der Waals surface area contributed by atoms with Crippen LogP contribution in [-0.4, -0.2) is 28.2 Å². The highest BCUT2D eigenvalue weighted by Crippen LogP contribution is 2.33. The van der Waals surface area contributed by atoms with Crippen LogP contribution in [0.2, 0.25) is 0 Å². The Hall–Kier alpha value is -1.30. The maximum Gasteiger partial charge on any atom is 0.311 e. The zero-order valence-electron chi connectivity index (χ0n) is 8.19. The standard InChI is InChI=1S/C9H10N2O3S/c1-14-9-5-3-15-4-6(5)10-7(11-9)2-8(12)13/h2-4H2,1H3,(H,12,13). The number of thioether (sulfide) groups is 1. The summed E-state index contributed by atoms with van der Waals surface area (Å²) in [6, 6.07) is 0. The van der Waals surface area contributed by atoms with Crippen LogP contribution in [0.25, 0.3) is 0 Å². The van der Waals surface area contributed by atoms with E-state index in [2.05, 4.69) is 9.97 Å². The first-order chi connectivity index (χ1) is 7.20. The van der Waals surface area contributed by atoms with Crippen molar-refractivity contribution in [3.8, 4) is 5.88 Å². The molecule has 1 aliphatic rings.